The number of halogens is 3. The number of rotatable bonds is 8. The Morgan fingerprint density at radius 3 is 2.23 bits per heavy atom. The quantitative estimate of drug-likeness (QED) is 0.278. The second-order valence-corrected chi connectivity index (χ2v) is 16.9. The maximum atomic E-state index is 14.6. The number of hydrogen-bond donors (Lipinski definition) is 2. The van der Waals surface area contributed by atoms with E-state index in [0.717, 1.165) is 41.0 Å². The predicted molar refractivity (Wildman–Crippen MR) is 185 cm³/mol. The van der Waals surface area contributed by atoms with Crippen LogP contribution in [0.15, 0.2) is 42.5 Å². The largest absolute Gasteiger partial charge is 0.534 e. The zero-order chi connectivity index (χ0) is 39.0. The molecule has 4 rings (SSSR count). The van der Waals surface area contributed by atoms with Gasteiger partial charge in [0.05, 0.1) is 6.04 Å². The molecule has 286 valence electrons. The second kappa shape index (κ2) is 15.0. The van der Waals surface area contributed by atoms with E-state index in [1.807, 2.05) is 24.3 Å². The molecule has 0 radical (unpaired) electrons. The van der Waals surface area contributed by atoms with Gasteiger partial charge in [-0.1, -0.05) is 51.1 Å². The Bertz CT molecular complexity index is 1800. The predicted octanol–water partition coefficient (Wildman–Crippen LogP) is 5.15. The Morgan fingerprint density at radius 2 is 1.62 bits per heavy atom. The zero-order valence-electron chi connectivity index (χ0n) is 30.6. The maximum Gasteiger partial charge on any atom is 0.534 e. The normalized spacial score (nSPS) is 18.9. The summed E-state index contributed by atoms with van der Waals surface area (Å²) in [5.74, 6) is -2.44. The summed E-state index contributed by atoms with van der Waals surface area (Å²) in [4.78, 5) is 57.4. The fourth-order valence-electron chi connectivity index (χ4n) is 6.17. The van der Waals surface area contributed by atoms with Gasteiger partial charge < -0.3 is 24.5 Å². The average Bonchev–Trinajstić information content (AvgIpc) is 3.03. The van der Waals surface area contributed by atoms with Gasteiger partial charge in [0.15, 0.2) is 0 Å². The van der Waals surface area contributed by atoms with Gasteiger partial charge in [-0.05, 0) is 86.8 Å². The van der Waals surface area contributed by atoms with Crippen LogP contribution in [0.1, 0.15) is 89.6 Å². The van der Waals surface area contributed by atoms with Gasteiger partial charge in [-0.2, -0.15) is 21.6 Å². The molecule has 16 heteroatoms. The Labute approximate surface area is 302 Å². The molecule has 2 N–H and O–H groups in total. The number of hydrogen-bond acceptors (Lipinski definition) is 8. The molecule has 0 bridgehead atoms. The number of likely N-dealkylation sites (N-methyl/N-ethyl adjacent to an activating group) is 1. The Balaban J connectivity index is 1.68. The van der Waals surface area contributed by atoms with E-state index in [2.05, 4.69) is 14.8 Å². The molecule has 0 saturated heterocycles. The van der Waals surface area contributed by atoms with Crippen molar-refractivity contribution >= 4 is 33.9 Å². The van der Waals surface area contributed by atoms with Crippen LogP contribution >= 0.6 is 0 Å². The van der Waals surface area contributed by atoms with Crippen molar-refractivity contribution in [1.29, 1.82) is 0 Å². The van der Waals surface area contributed by atoms with Crippen LogP contribution in [-0.2, 0) is 48.6 Å². The van der Waals surface area contributed by atoms with Crippen LogP contribution in [0.3, 0.4) is 0 Å². The highest BCUT2D eigenvalue weighted by Crippen LogP contribution is 2.34. The van der Waals surface area contributed by atoms with Crippen LogP contribution in [0.2, 0.25) is 0 Å². The minimum absolute atomic E-state index is 0.0594. The van der Waals surface area contributed by atoms with E-state index in [9.17, 15) is 40.8 Å². The summed E-state index contributed by atoms with van der Waals surface area (Å²) in [6, 6.07) is 7.50. The van der Waals surface area contributed by atoms with E-state index in [0.29, 0.717) is 12.0 Å². The van der Waals surface area contributed by atoms with Crippen molar-refractivity contribution in [3.05, 3.63) is 64.7 Å². The molecule has 12 nitrogen and oxygen atoms in total. The molecule has 4 amide bonds. The number of carbonyl (C=O) groups is 4. The van der Waals surface area contributed by atoms with Gasteiger partial charge in [0.2, 0.25) is 17.7 Å². The minimum atomic E-state index is -5.98. The molecule has 0 spiro atoms. The first kappa shape index (κ1) is 40.4. The number of carbonyl (C=O) groups excluding carboxylic acids is 4. The Morgan fingerprint density at radius 1 is 0.962 bits per heavy atom. The van der Waals surface area contributed by atoms with Crippen molar-refractivity contribution in [3.8, 4) is 5.75 Å². The van der Waals surface area contributed by atoms with E-state index in [1.165, 1.54) is 24.9 Å². The lowest BCUT2D eigenvalue weighted by Crippen LogP contribution is -2.62. The van der Waals surface area contributed by atoms with Crippen LogP contribution in [0.4, 0.5) is 18.0 Å². The topological polar surface area (TPSA) is 151 Å². The molecule has 1 aliphatic carbocycles. The van der Waals surface area contributed by atoms with E-state index in [-0.39, 0.29) is 24.6 Å². The summed E-state index contributed by atoms with van der Waals surface area (Å²) in [6.45, 7) is 11.3. The summed E-state index contributed by atoms with van der Waals surface area (Å²) in [5, 5.41) is 5.84. The summed E-state index contributed by atoms with van der Waals surface area (Å²) in [6.07, 6.45) is 1.53. The van der Waals surface area contributed by atoms with Gasteiger partial charge in [0.25, 0.3) is 0 Å². The molecule has 1 heterocycles. The van der Waals surface area contributed by atoms with E-state index in [1.54, 1.807) is 41.5 Å². The summed E-state index contributed by atoms with van der Waals surface area (Å²) in [5.41, 5.74) is -4.62. The first-order valence-electron chi connectivity index (χ1n) is 17.0. The molecule has 0 saturated carbocycles. The van der Waals surface area contributed by atoms with Crippen molar-refractivity contribution in [2.45, 2.75) is 116 Å². The first-order valence-corrected chi connectivity index (χ1v) is 18.4. The molecule has 52 heavy (non-hydrogen) atoms. The average molecular weight is 753 g/mol. The van der Waals surface area contributed by atoms with Crippen LogP contribution in [0.5, 0.6) is 5.75 Å². The number of benzene rings is 2. The van der Waals surface area contributed by atoms with Gasteiger partial charge >= 0.3 is 21.7 Å². The minimum Gasteiger partial charge on any atom is -0.444 e. The van der Waals surface area contributed by atoms with Crippen LogP contribution < -0.4 is 14.8 Å². The maximum absolute atomic E-state index is 14.6. The van der Waals surface area contributed by atoms with Gasteiger partial charge in [0.1, 0.15) is 29.5 Å². The number of nitrogens with one attached hydrogen (secondary N) is 2. The van der Waals surface area contributed by atoms with Crippen molar-refractivity contribution in [3.63, 3.8) is 0 Å². The zero-order valence-corrected chi connectivity index (χ0v) is 31.4. The van der Waals surface area contributed by atoms with Gasteiger partial charge in [-0.3, -0.25) is 19.3 Å². The molecule has 2 aromatic carbocycles. The molecule has 2 aliphatic rings. The Kier molecular flexibility index (Phi) is 11.6. The van der Waals surface area contributed by atoms with E-state index >= 15 is 0 Å². The number of nitrogens with zero attached hydrogens (tertiary/aromatic N) is 2. The number of alkyl halides is 3. The molecular formula is C36H47F3N4O8S. The smallest absolute Gasteiger partial charge is 0.444 e. The monoisotopic (exact) mass is 752 g/mol. The van der Waals surface area contributed by atoms with Crippen molar-refractivity contribution in [2.75, 3.05) is 7.05 Å². The molecule has 2 aromatic rings. The highest BCUT2D eigenvalue weighted by atomic mass is 32.2. The molecule has 0 aromatic heterocycles. The lowest BCUT2D eigenvalue weighted by molar-refractivity contribution is -0.147. The molecule has 0 fully saturated rings. The fourth-order valence-corrected chi connectivity index (χ4v) is 6.62. The fraction of sp³-hybridized carbons (Fsp3) is 0.556. The van der Waals surface area contributed by atoms with Crippen molar-refractivity contribution in [2.24, 2.45) is 5.41 Å². The van der Waals surface area contributed by atoms with Crippen LogP contribution in [0, 0.1) is 5.41 Å². The van der Waals surface area contributed by atoms with Crippen molar-refractivity contribution in [1.82, 2.24) is 20.4 Å². The summed E-state index contributed by atoms with van der Waals surface area (Å²) >= 11 is 0. The van der Waals surface area contributed by atoms with Gasteiger partial charge in [-0.15, -0.1) is 0 Å². The second-order valence-electron chi connectivity index (χ2n) is 15.3. The number of amides is 4. The Hall–Kier alpha value is -4.34. The van der Waals surface area contributed by atoms with Gasteiger partial charge in [-0.25, -0.2) is 4.79 Å². The van der Waals surface area contributed by atoms with Gasteiger partial charge in [0, 0.05) is 20.0 Å². The van der Waals surface area contributed by atoms with Crippen LogP contribution in [-0.4, -0.2) is 78.3 Å². The van der Waals surface area contributed by atoms with Crippen molar-refractivity contribution < 1.29 is 49.7 Å². The standard InChI is InChI=1S/C36H47F3N4O8S/c1-21(42(8)33(47)50-35(5,6)7)30(44)41-29(34(2,3)4)32(46)43-20-24-18-25(51-52(48,49)36(37,38)39)17-16-23(24)19-28(43)31(45)40-27-15-11-13-22-12-9-10-14-26(22)27/h9-10,12,14,16-18,21,27-29H,11,13,15,19-20H2,1-8H3,(H,40,45)(H,41,44)/t21-,27+,28-,29+/m0/s1. The number of ether oxygens (including phenoxy) is 1. The van der Waals surface area contributed by atoms with Crippen LogP contribution in [0.25, 0.3) is 0 Å². The molecule has 0 unspecified atom stereocenters. The molecular weight excluding hydrogens is 705 g/mol. The molecule has 4 atom stereocenters. The number of aryl methyl sites for hydroxylation is 1. The summed E-state index contributed by atoms with van der Waals surface area (Å²) < 4.78 is 72.6. The van der Waals surface area contributed by atoms with E-state index < -0.39 is 74.3 Å². The number of fused-ring (bicyclic) bond motifs is 2. The molecule has 1 aliphatic heterocycles. The lowest BCUT2D eigenvalue weighted by atomic mass is 9.83. The van der Waals surface area contributed by atoms with E-state index in [4.69, 9.17) is 4.74 Å². The SMILES string of the molecule is C[C@@H](C(=O)N[C@H](C(=O)N1Cc2cc(OS(=O)(=O)C(F)(F)F)ccc2C[C@H]1C(=O)N[C@@H]1CCCc2ccccc21)C(C)(C)C)N(C)C(=O)OC(C)(C)C. The first-order chi connectivity index (χ1) is 23.9. The lowest BCUT2D eigenvalue weighted by Gasteiger charge is -2.42. The summed E-state index contributed by atoms with van der Waals surface area (Å²) in [7, 11) is -4.59. The third kappa shape index (κ3) is 9.36. The third-order valence-electron chi connectivity index (χ3n) is 9.11. The third-order valence-corrected chi connectivity index (χ3v) is 10.1. The highest BCUT2D eigenvalue weighted by Gasteiger charge is 2.49. The highest BCUT2D eigenvalue weighted by molar-refractivity contribution is 7.88.